The van der Waals surface area contributed by atoms with Crippen molar-refractivity contribution in [1.29, 1.82) is 0 Å². The molecule has 1 saturated heterocycles. The molecule has 2 fully saturated rings. The Bertz CT molecular complexity index is 578. The van der Waals surface area contributed by atoms with Gasteiger partial charge in [-0.3, -0.25) is 4.79 Å². The normalized spacial score (nSPS) is 24.9. The molecule has 1 aliphatic heterocycles. The minimum absolute atomic E-state index is 0.00511. The standard InChI is InChI=1S/C16H21N3O2/c1-15(2)10-19(12(15)11-6-4-3-5-7-11)13(20)16(8-9-16)18-14(17)21/h3-7,12H,8-10H2,1-2H3,(H3,17,18,21). The quantitative estimate of drug-likeness (QED) is 0.889. The van der Waals surface area contributed by atoms with E-state index in [1.807, 2.05) is 35.2 Å². The maximum absolute atomic E-state index is 12.8. The molecule has 1 aliphatic carbocycles. The lowest BCUT2D eigenvalue weighted by Crippen LogP contribution is -2.63. The summed E-state index contributed by atoms with van der Waals surface area (Å²) in [5.41, 5.74) is 5.62. The van der Waals surface area contributed by atoms with Gasteiger partial charge in [0.1, 0.15) is 5.54 Å². The highest BCUT2D eigenvalue weighted by Crippen LogP contribution is 2.51. The van der Waals surface area contributed by atoms with E-state index in [-0.39, 0.29) is 17.4 Å². The third-order valence-electron chi connectivity index (χ3n) is 4.53. The average molecular weight is 287 g/mol. The molecular weight excluding hydrogens is 266 g/mol. The number of primary amides is 1. The number of carbonyl (C=O) groups is 2. The van der Waals surface area contributed by atoms with E-state index < -0.39 is 11.6 Å². The molecule has 21 heavy (non-hydrogen) atoms. The summed E-state index contributed by atoms with van der Waals surface area (Å²) in [6, 6.07) is 9.47. The van der Waals surface area contributed by atoms with Crippen molar-refractivity contribution in [3.8, 4) is 0 Å². The van der Waals surface area contributed by atoms with Gasteiger partial charge in [0, 0.05) is 12.0 Å². The number of nitrogens with one attached hydrogen (secondary N) is 1. The first-order valence-electron chi connectivity index (χ1n) is 7.29. The highest BCUT2D eigenvalue weighted by molar-refractivity contribution is 5.94. The Hall–Kier alpha value is -2.04. The molecule has 5 nitrogen and oxygen atoms in total. The molecule has 1 saturated carbocycles. The lowest BCUT2D eigenvalue weighted by Gasteiger charge is -2.55. The van der Waals surface area contributed by atoms with Gasteiger partial charge in [-0.05, 0) is 18.4 Å². The van der Waals surface area contributed by atoms with Crippen LogP contribution in [0, 0.1) is 5.41 Å². The molecule has 1 aromatic rings. The fraction of sp³-hybridized carbons (Fsp3) is 0.500. The Morgan fingerprint density at radius 1 is 1.24 bits per heavy atom. The first-order chi connectivity index (χ1) is 9.86. The maximum atomic E-state index is 12.8. The van der Waals surface area contributed by atoms with E-state index in [4.69, 9.17) is 5.73 Å². The largest absolute Gasteiger partial charge is 0.352 e. The number of rotatable bonds is 3. The zero-order valence-corrected chi connectivity index (χ0v) is 12.4. The van der Waals surface area contributed by atoms with Crippen LogP contribution >= 0.6 is 0 Å². The van der Waals surface area contributed by atoms with Gasteiger partial charge in [0.05, 0.1) is 6.04 Å². The van der Waals surface area contributed by atoms with Crippen LogP contribution in [0.25, 0.3) is 0 Å². The first kappa shape index (κ1) is 13.9. The molecule has 1 unspecified atom stereocenters. The van der Waals surface area contributed by atoms with Crippen LogP contribution < -0.4 is 11.1 Å². The van der Waals surface area contributed by atoms with Gasteiger partial charge in [-0.25, -0.2) is 4.79 Å². The Morgan fingerprint density at radius 3 is 2.33 bits per heavy atom. The molecule has 3 rings (SSSR count). The number of hydrogen-bond donors (Lipinski definition) is 2. The lowest BCUT2D eigenvalue weighted by atomic mass is 9.71. The third-order valence-corrected chi connectivity index (χ3v) is 4.53. The van der Waals surface area contributed by atoms with Gasteiger partial charge in [-0.2, -0.15) is 0 Å². The van der Waals surface area contributed by atoms with E-state index in [0.29, 0.717) is 19.4 Å². The number of amides is 3. The molecule has 2 aliphatic rings. The van der Waals surface area contributed by atoms with Crippen LogP contribution in [-0.2, 0) is 4.79 Å². The fourth-order valence-electron chi connectivity index (χ4n) is 3.41. The zero-order valence-electron chi connectivity index (χ0n) is 12.4. The smallest absolute Gasteiger partial charge is 0.313 e. The van der Waals surface area contributed by atoms with Crippen LogP contribution in [0.2, 0.25) is 0 Å². The zero-order chi connectivity index (χ0) is 15.3. The second-order valence-electron chi connectivity index (χ2n) is 6.81. The fourth-order valence-corrected chi connectivity index (χ4v) is 3.41. The van der Waals surface area contributed by atoms with Gasteiger partial charge in [0.15, 0.2) is 0 Å². The summed E-state index contributed by atoms with van der Waals surface area (Å²) in [7, 11) is 0. The van der Waals surface area contributed by atoms with Gasteiger partial charge in [0.25, 0.3) is 0 Å². The molecule has 0 bridgehead atoms. The lowest BCUT2D eigenvalue weighted by molar-refractivity contribution is -0.155. The van der Waals surface area contributed by atoms with E-state index >= 15 is 0 Å². The molecule has 3 N–H and O–H groups in total. The van der Waals surface area contributed by atoms with Crippen molar-refractivity contribution in [3.05, 3.63) is 35.9 Å². The summed E-state index contributed by atoms with van der Waals surface area (Å²) in [5.74, 6) is -0.00511. The van der Waals surface area contributed by atoms with Crippen molar-refractivity contribution in [1.82, 2.24) is 10.2 Å². The molecule has 0 aromatic heterocycles. The highest BCUT2D eigenvalue weighted by Gasteiger charge is 2.59. The van der Waals surface area contributed by atoms with Crippen LogP contribution in [0.3, 0.4) is 0 Å². The minimum atomic E-state index is -0.755. The van der Waals surface area contributed by atoms with Crippen LogP contribution in [0.15, 0.2) is 30.3 Å². The second-order valence-corrected chi connectivity index (χ2v) is 6.81. The topological polar surface area (TPSA) is 75.4 Å². The van der Waals surface area contributed by atoms with Crippen molar-refractivity contribution in [2.75, 3.05) is 6.54 Å². The van der Waals surface area contributed by atoms with E-state index in [1.54, 1.807) is 0 Å². The molecule has 3 amide bonds. The first-order valence-corrected chi connectivity index (χ1v) is 7.29. The second kappa shape index (κ2) is 4.48. The van der Waals surface area contributed by atoms with E-state index in [9.17, 15) is 9.59 Å². The molecule has 1 atom stereocenters. The predicted molar refractivity (Wildman–Crippen MR) is 79.4 cm³/mol. The molecule has 0 radical (unpaired) electrons. The van der Waals surface area contributed by atoms with Crippen LogP contribution in [0.4, 0.5) is 4.79 Å². The number of nitrogens with zero attached hydrogens (tertiary/aromatic N) is 1. The SMILES string of the molecule is CC1(C)CN(C(=O)C2(NC(N)=O)CC2)C1c1ccccc1. The number of benzene rings is 1. The molecule has 0 spiro atoms. The van der Waals surface area contributed by atoms with Gasteiger partial charge in [-0.1, -0.05) is 44.2 Å². The summed E-state index contributed by atoms with van der Waals surface area (Å²) in [6.07, 6.45) is 1.35. The minimum Gasteiger partial charge on any atom is -0.352 e. The van der Waals surface area contributed by atoms with Gasteiger partial charge < -0.3 is 16.0 Å². The molecular formula is C16H21N3O2. The van der Waals surface area contributed by atoms with Gasteiger partial charge in [0.2, 0.25) is 5.91 Å². The van der Waals surface area contributed by atoms with Crippen molar-refractivity contribution in [3.63, 3.8) is 0 Å². The van der Waals surface area contributed by atoms with E-state index in [2.05, 4.69) is 19.2 Å². The van der Waals surface area contributed by atoms with Crippen LogP contribution in [-0.4, -0.2) is 28.9 Å². The summed E-state index contributed by atoms with van der Waals surface area (Å²) in [6.45, 7) is 5.03. The number of hydrogen-bond acceptors (Lipinski definition) is 2. The monoisotopic (exact) mass is 287 g/mol. The number of urea groups is 1. The Balaban J connectivity index is 1.83. The van der Waals surface area contributed by atoms with Gasteiger partial charge >= 0.3 is 6.03 Å². The number of likely N-dealkylation sites (tertiary alicyclic amines) is 1. The molecule has 1 aromatic carbocycles. The molecule has 112 valence electrons. The maximum Gasteiger partial charge on any atom is 0.313 e. The summed E-state index contributed by atoms with van der Waals surface area (Å²) in [5, 5.41) is 2.63. The predicted octanol–water partition coefficient (Wildman–Crippen LogP) is 1.80. The summed E-state index contributed by atoms with van der Waals surface area (Å²) in [4.78, 5) is 25.8. The Labute approximate surface area is 124 Å². The summed E-state index contributed by atoms with van der Waals surface area (Å²) >= 11 is 0. The van der Waals surface area contributed by atoms with Crippen molar-refractivity contribution in [2.45, 2.75) is 38.3 Å². The van der Waals surface area contributed by atoms with Gasteiger partial charge in [-0.15, -0.1) is 0 Å². The van der Waals surface area contributed by atoms with E-state index in [0.717, 1.165) is 5.56 Å². The number of nitrogens with two attached hydrogens (primary N) is 1. The van der Waals surface area contributed by atoms with Crippen molar-refractivity contribution < 1.29 is 9.59 Å². The summed E-state index contributed by atoms with van der Waals surface area (Å²) < 4.78 is 0. The number of carbonyl (C=O) groups excluding carboxylic acids is 2. The average Bonchev–Trinajstić information content (AvgIpc) is 3.16. The molecule has 1 heterocycles. The Morgan fingerprint density at radius 2 is 1.86 bits per heavy atom. The van der Waals surface area contributed by atoms with Crippen molar-refractivity contribution in [2.24, 2.45) is 11.1 Å². The van der Waals surface area contributed by atoms with E-state index in [1.165, 1.54) is 0 Å². The third kappa shape index (κ3) is 2.26. The molecule has 5 heteroatoms. The Kier molecular flexibility index (Phi) is 2.97. The van der Waals surface area contributed by atoms with Crippen molar-refractivity contribution >= 4 is 11.9 Å². The van der Waals surface area contributed by atoms with Crippen LogP contribution in [0.1, 0.15) is 38.3 Å². The highest BCUT2D eigenvalue weighted by atomic mass is 16.2. The van der Waals surface area contributed by atoms with Crippen LogP contribution in [0.5, 0.6) is 0 Å².